The second kappa shape index (κ2) is 7.24. The van der Waals surface area contributed by atoms with Crippen molar-refractivity contribution >= 4 is 0 Å². The molecule has 90 valence electrons. The molecule has 2 nitrogen and oxygen atoms in total. The molecule has 3 unspecified atom stereocenters. The summed E-state index contributed by atoms with van der Waals surface area (Å²) in [5.74, 6) is 0.875. The third-order valence-electron chi connectivity index (χ3n) is 3.52. The van der Waals surface area contributed by atoms with Crippen LogP contribution in [0.1, 0.15) is 52.4 Å². The summed E-state index contributed by atoms with van der Waals surface area (Å²) in [6.45, 7) is 5.52. The summed E-state index contributed by atoms with van der Waals surface area (Å²) in [4.78, 5) is 0. The monoisotopic (exact) mass is 213 g/mol. The molecule has 1 rings (SSSR count). The summed E-state index contributed by atoms with van der Waals surface area (Å²) in [6.07, 6.45) is 8.29. The number of ether oxygens (including phenoxy) is 1. The Bertz CT molecular complexity index is 161. The van der Waals surface area contributed by atoms with Crippen LogP contribution in [0.3, 0.4) is 0 Å². The van der Waals surface area contributed by atoms with Gasteiger partial charge in [0.25, 0.3) is 0 Å². The standard InChI is InChI=1S/C13H27NO/c1-11-6-4-8-13(10-11)15-9-5-7-12(2)14-3/h11-14H,4-10H2,1-3H3. The van der Waals surface area contributed by atoms with Gasteiger partial charge in [-0.05, 0) is 45.6 Å². The first-order chi connectivity index (χ1) is 7.22. The zero-order chi connectivity index (χ0) is 11.1. The van der Waals surface area contributed by atoms with Crippen LogP contribution in [0.25, 0.3) is 0 Å². The van der Waals surface area contributed by atoms with Gasteiger partial charge in [0.2, 0.25) is 0 Å². The van der Waals surface area contributed by atoms with Gasteiger partial charge in [0, 0.05) is 12.6 Å². The summed E-state index contributed by atoms with van der Waals surface area (Å²) >= 11 is 0. The van der Waals surface area contributed by atoms with Gasteiger partial charge in [0.15, 0.2) is 0 Å². The van der Waals surface area contributed by atoms with Crippen molar-refractivity contribution in [3.63, 3.8) is 0 Å². The summed E-state index contributed by atoms with van der Waals surface area (Å²) in [6, 6.07) is 0.624. The predicted octanol–water partition coefficient (Wildman–Crippen LogP) is 2.97. The fraction of sp³-hybridized carbons (Fsp3) is 1.00. The molecule has 1 saturated carbocycles. The Labute approximate surface area is 94.8 Å². The maximum absolute atomic E-state index is 5.92. The second-order valence-corrected chi connectivity index (χ2v) is 5.10. The molecule has 1 fully saturated rings. The molecule has 0 heterocycles. The van der Waals surface area contributed by atoms with Crippen molar-refractivity contribution in [3.05, 3.63) is 0 Å². The molecule has 1 aliphatic rings. The lowest BCUT2D eigenvalue weighted by atomic mass is 9.89. The van der Waals surface area contributed by atoms with Gasteiger partial charge in [-0.2, -0.15) is 0 Å². The van der Waals surface area contributed by atoms with Crippen LogP contribution in [0.2, 0.25) is 0 Å². The highest BCUT2D eigenvalue weighted by Crippen LogP contribution is 2.25. The summed E-state index contributed by atoms with van der Waals surface area (Å²) in [7, 11) is 2.02. The molecule has 0 aliphatic heterocycles. The van der Waals surface area contributed by atoms with Crippen molar-refractivity contribution in [2.45, 2.75) is 64.5 Å². The Morgan fingerprint density at radius 2 is 2.20 bits per heavy atom. The van der Waals surface area contributed by atoms with Crippen molar-refractivity contribution in [2.75, 3.05) is 13.7 Å². The quantitative estimate of drug-likeness (QED) is 0.685. The Balaban J connectivity index is 1.99. The zero-order valence-corrected chi connectivity index (χ0v) is 10.6. The van der Waals surface area contributed by atoms with Gasteiger partial charge in [-0.3, -0.25) is 0 Å². The number of hydrogen-bond acceptors (Lipinski definition) is 2. The average molecular weight is 213 g/mol. The zero-order valence-electron chi connectivity index (χ0n) is 10.6. The lowest BCUT2D eigenvalue weighted by Gasteiger charge is -2.26. The molecule has 1 aliphatic carbocycles. The minimum absolute atomic E-state index is 0.554. The third-order valence-corrected chi connectivity index (χ3v) is 3.52. The molecule has 0 aromatic carbocycles. The highest BCUT2D eigenvalue weighted by molar-refractivity contribution is 4.70. The van der Waals surface area contributed by atoms with Crippen LogP contribution < -0.4 is 5.32 Å². The smallest absolute Gasteiger partial charge is 0.0577 e. The Hall–Kier alpha value is -0.0800. The highest BCUT2D eigenvalue weighted by Gasteiger charge is 2.18. The van der Waals surface area contributed by atoms with Crippen molar-refractivity contribution < 1.29 is 4.74 Å². The number of nitrogens with one attached hydrogen (secondary N) is 1. The van der Waals surface area contributed by atoms with E-state index in [4.69, 9.17) is 4.74 Å². The van der Waals surface area contributed by atoms with Gasteiger partial charge in [0.05, 0.1) is 6.10 Å². The average Bonchev–Trinajstić information content (AvgIpc) is 2.24. The molecular formula is C13H27NO. The minimum atomic E-state index is 0.554. The largest absolute Gasteiger partial charge is 0.378 e. The van der Waals surface area contributed by atoms with E-state index in [1.54, 1.807) is 0 Å². The van der Waals surface area contributed by atoms with E-state index in [2.05, 4.69) is 19.2 Å². The Morgan fingerprint density at radius 3 is 2.87 bits per heavy atom. The van der Waals surface area contributed by atoms with Gasteiger partial charge in [-0.15, -0.1) is 0 Å². The molecule has 3 atom stereocenters. The fourth-order valence-corrected chi connectivity index (χ4v) is 2.31. The van der Waals surface area contributed by atoms with Crippen LogP contribution in [-0.2, 0) is 4.74 Å². The van der Waals surface area contributed by atoms with Crippen LogP contribution in [0, 0.1) is 5.92 Å². The molecule has 0 saturated heterocycles. The van der Waals surface area contributed by atoms with E-state index >= 15 is 0 Å². The molecule has 0 spiro atoms. The molecule has 2 heteroatoms. The SMILES string of the molecule is CNC(C)CCCOC1CCCC(C)C1. The van der Waals surface area contributed by atoms with E-state index in [0.29, 0.717) is 12.1 Å². The highest BCUT2D eigenvalue weighted by atomic mass is 16.5. The first kappa shape index (κ1) is 13.0. The summed E-state index contributed by atoms with van der Waals surface area (Å²) in [5, 5.41) is 3.25. The van der Waals surface area contributed by atoms with Crippen molar-refractivity contribution in [2.24, 2.45) is 5.92 Å². The van der Waals surface area contributed by atoms with Gasteiger partial charge < -0.3 is 10.1 Å². The fourth-order valence-electron chi connectivity index (χ4n) is 2.31. The third kappa shape index (κ3) is 5.53. The second-order valence-electron chi connectivity index (χ2n) is 5.10. The molecular weight excluding hydrogens is 186 g/mol. The van der Waals surface area contributed by atoms with Crippen LogP contribution in [0.15, 0.2) is 0 Å². The molecule has 15 heavy (non-hydrogen) atoms. The molecule has 0 aromatic heterocycles. The maximum atomic E-state index is 5.92. The van der Waals surface area contributed by atoms with Gasteiger partial charge in [-0.25, -0.2) is 0 Å². The van der Waals surface area contributed by atoms with Crippen molar-refractivity contribution in [1.82, 2.24) is 5.32 Å². The number of hydrogen-bond donors (Lipinski definition) is 1. The molecule has 1 N–H and O–H groups in total. The topological polar surface area (TPSA) is 21.3 Å². The van der Waals surface area contributed by atoms with Gasteiger partial charge >= 0.3 is 0 Å². The first-order valence-electron chi connectivity index (χ1n) is 6.51. The molecule has 0 bridgehead atoms. The minimum Gasteiger partial charge on any atom is -0.378 e. The molecule has 0 radical (unpaired) electrons. The van der Waals surface area contributed by atoms with E-state index in [0.717, 1.165) is 12.5 Å². The van der Waals surface area contributed by atoms with Crippen LogP contribution in [0.5, 0.6) is 0 Å². The lowest BCUT2D eigenvalue weighted by molar-refractivity contribution is 0.0133. The van der Waals surface area contributed by atoms with Gasteiger partial charge in [0.1, 0.15) is 0 Å². The van der Waals surface area contributed by atoms with Crippen LogP contribution in [0.4, 0.5) is 0 Å². The number of rotatable bonds is 6. The van der Waals surface area contributed by atoms with E-state index in [-0.39, 0.29) is 0 Å². The predicted molar refractivity (Wildman–Crippen MR) is 65.1 cm³/mol. The van der Waals surface area contributed by atoms with Crippen LogP contribution in [-0.4, -0.2) is 25.8 Å². The van der Waals surface area contributed by atoms with E-state index < -0.39 is 0 Å². The maximum Gasteiger partial charge on any atom is 0.0577 e. The van der Waals surface area contributed by atoms with E-state index in [9.17, 15) is 0 Å². The summed E-state index contributed by atoms with van der Waals surface area (Å²) in [5.41, 5.74) is 0. The first-order valence-corrected chi connectivity index (χ1v) is 6.51. The Kier molecular flexibility index (Phi) is 6.26. The van der Waals surface area contributed by atoms with Crippen LogP contribution >= 0.6 is 0 Å². The Morgan fingerprint density at radius 1 is 1.40 bits per heavy atom. The van der Waals surface area contributed by atoms with Gasteiger partial charge in [-0.1, -0.05) is 19.8 Å². The molecule has 0 amide bonds. The van der Waals surface area contributed by atoms with Crippen molar-refractivity contribution in [1.29, 1.82) is 0 Å². The van der Waals surface area contributed by atoms with E-state index in [1.807, 2.05) is 7.05 Å². The molecule has 0 aromatic rings. The normalized spacial score (nSPS) is 29.0. The van der Waals surface area contributed by atoms with Crippen molar-refractivity contribution in [3.8, 4) is 0 Å². The summed E-state index contributed by atoms with van der Waals surface area (Å²) < 4.78 is 5.92. The van der Waals surface area contributed by atoms with E-state index in [1.165, 1.54) is 38.5 Å². The lowest BCUT2D eigenvalue weighted by Crippen LogP contribution is -2.24.